The third kappa shape index (κ3) is 3.04. The first-order chi connectivity index (χ1) is 8.29. The quantitative estimate of drug-likeness (QED) is 0.875. The van der Waals surface area contributed by atoms with Crippen LogP contribution in [0.3, 0.4) is 0 Å². The first-order valence-corrected chi connectivity index (χ1v) is 5.68. The molecule has 0 saturated carbocycles. The predicted octanol–water partition coefficient (Wildman–Crippen LogP) is 2.68. The number of hydrogen-bond donors (Lipinski definition) is 1. The van der Waals surface area contributed by atoms with Crippen LogP contribution in [0.1, 0.15) is 11.3 Å². The maximum Gasteiger partial charge on any atom is 0.148 e. The molecular formula is C14H16N2O. The number of aryl methyl sites for hydroxylation is 1. The average Bonchev–Trinajstić information content (AvgIpc) is 2.33. The molecule has 0 unspecified atom stereocenters. The molecule has 0 bridgehead atoms. The number of nitrogens with zero attached hydrogens (tertiary/aromatic N) is 1. The summed E-state index contributed by atoms with van der Waals surface area (Å²) in [6.07, 6.45) is 2.62. The van der Waals surface area contributed by atoms with Gasteiger partial charge in [-0.2, -0.15) is 0 Å². The summed E-state index contributed by atoms with van der Waals surface area (Å²) in [5.74, 6) is 1.62. The number of pyridine rings is 1. The summed E-state index contributed by atoms with van der Waals surface area (Å²) >= 11 is 0. The van der Waals surface area contributed by atoms with Gasteiger partial charge in [0.25, 0.3) is 0 Å². The zero-order valence-electron chi connectivity index (χ0n) is 9.89. The van der Waals surface area contributed by atoms with Crippen LogP contribution in [0.4, 0.5) is 0 Å². The van der Waals surface area contributed by atoms with Crippen LogP contribution >= 0.6 is 0 Å². The fourth-order valence-electron chi connectivity index (χ4n) is 1.64. The topological polar surface area (TPSA) is 48.1 Å². The van der Waals surface area contributed by atoms with Crippen molar-refractivity contribution in [3.63, 3.8) is 0 Å². The maximum atomic E-state index is 5.79. The van der Waals surface area contributed by atoms with E-state index in [1.54, 1.807) is 6.20 Å². The number of ether oxygens (including phenoxy) is 1. The van der Waals surface area contributed by atoms with Gasteiger partial charge < -0.3 is 10.5 Å². The Morgan fingerprint density at radius 1 is 1.24 bits per heavy atom. The van der Waals surface area contributed by atoms with Gasteiger partial charge in [0, 0.05) is 6.20 Å². The second-order valence-electron chi connectivity index (χ2n) is 3.88. The molecule has 88 valence electrons. The van der Waals surface area contributed by atoms with Gasteiger partial charge >= 0.3 is 0 Å². The summed E-state index contributed by atoms with van der Waals surface area (Å²) < 4.78 is 5.79. The van der Waals surface area contributed by atoms with Gasteiger partial charge in [0.2, 0.25) is 0 Å². The minimum Gasteiger partial charge on any atom is -0.455 e. The fraction of sp³-hybridized carbons (Fsp3) is 0.214. The molecule has 0 amide bonds. The minimum absolute atomic E-state index is 0.648. The van der Waals surface area contributed by atoms with Crippen LogP contribution in [-0.2, 0) is 6.42 Å². The van der Waals surface area contributed by atoms with E-state index in [1.165, 1.54) is 5.56 Å². The van der Waals surface area contributed by atoms with Crippen LogP contribution in [0, 0.1) is 6.92 Å². The van der Waals surface area contributed by atoms with Crippen LogP contribution in [0.2, 0.25) is 0 Å². The minimum atomic E-state index is 0.648. The average molecular weight is 228 g/mol. The summed E-state index contributed by atoms with van der Waals surface area (Å²) in [5, 5.41) is 0. The highest BCUT2D eigenvalue weighted by molar-refractivity contribution is 5.35. The zero-order chi connectivity index (χ0) is 12.1. The van der Waals surface area contributed by atoms with E-state index in [-0.39, 0.29) is 0 Å². The van der Waals surface area contributed by atoms with E-state index in [9.17, 15) is 0 Å². The van der Waals surface area contributed by atoms with Gasteiger partial charge in [-0.1, -0.05) is 12.1 Å². The van der Waals surface area contributed by atoms with Crippen molar-refractivity contribution in [3.8, 4) is 11.5 Å². The Bertz CT molecular complexity index is 497. The molecule has 0 spiro atoms. The second kappa shape index (κ2) is 5.46. The third-order valence-corrected chi connectivity index (χ3v) is 2.52. The Morgan fingerprint density at radius 2 is 2.12 bits per heavy atom. The molecule has 17 heavy (non-hydrogen) atoms. The highest BCUT2D eigenvalue weighted by Crippen LogP contribution is 2.23. The van der Waals surface area contributed by atoms with Gasteiger partial charge in [-0.25, -0.2) is 0 Å². The van der Waals surface area contributed by atoms with Crippen molar-refractivity contribution in [1.29, 1.82) is 0 Å². The van der Waals surface area contributed by atoms with Crippen LogP contribution in [0.5, 0.6) is 11.5 Å². The van der Waals surface area contributed by atoms with Crippen LogP contribution in [0.15, 0.2) is 42.6 Å². The van der Waals surface area contributed by atoms with E-state index in [0.29, 0.717) is 6.54 Å². The normalized spacial score (nSPS) is 10.2. The summed E-state index contributed by atoms with van der Waals surface area (Å²) in [6.45, 7) is 2.58. The van der Waals surface area contributed by atoms with Gasteiger partial charge in [0.05, 0.1) is 5.69 Å². The Morgan fingerprint density at radius 3 is 2.88 bits per heavy atom. The van der Waals surface area contributed by atoms with Crippen molar-refractivity contribution in [3.05, 3.63) is 53.9 Å². The van der Waals surface area contributed by atoms with Gasteiger partial charge in [-0.05, 0) is 49.7 Å². The van der Waals surface area contributed by atoms with E-state index in [0.717, 1.165) is 23.6 Å². The van der Waals surface area contributed by atoms with E-state index < -0.39 is 0 Å². The van der Waals surface area contributed by atoms with Crippen LogP contribution in [-0.4, -0.2) is 11.5 Å². The molecular weight excluding hydrogens is 212 g/mol. The molecule has 2 rings (SSSR count). The SMILES string of the molecule is Cc1ncccc1Oc1cccc(CCN)c1. The summed E-state index contributed by atoms with van der Waals surface area (Å²) in [5.41, 5.74) is 7.61. The molecule has 0 aliphatic carbocycles. The largest absolute Gasteiger partial charge is 0.455 e. The van der Waals surface area contributed by atoms with Gasteiger partial charge in [0.1, 0.15) is 11.5 Å². The molecule has 3 nitrogen and oxygen atoms in total. The lowest BCUT2D eigenvalue weighted by atomic mass is 10.1. The molecule has 0 aliphatic heterocycles. The number of benzene rings is 1. The molecule has 0 aliphatic rings. The van der Waals surface area contributed by atoms with Gasteiger partial charge in [0.15, 0.2) is 0 Å². The molecule has 1 heterocycles. The molecule has 0 radical (unpaired) electrons. The zero-order valence-corrected chi connectivity index (χ0v) is 9.89. The standard InChI is InChI=1S/C14H16N2O/c1-11-14(6-3-9-16-11)17-13-5-2-4-12(10-13)7-8-15/h2-6,9-10H,7-8,15H2,1H3. The highest BCUT2D eigenvalue weighted by Gasteiger charge is 2.02. The van der Waals surface area contributed by atoms with Crippen molar-refractivity contribution >= 4 is 0 Å². The van der Waals surface area contributed by atoms with Crippen molar-refractivity contribution in [1.82, 2.24) is 4.98 Å². The summed E-state index contributed by atoms with van der Waals surface area (Å²) in [7, 11) is 0. The van der Waals surface area contributed by atoms with Crippen LogP contribution in [0.25, 0.3) is 0 Å². The molecule has 2 N–H and O–H groups in total. The van der Waals surface area contributed by atoms with E-state index in [2.05, 4.69) is 11.1 Å². The molecule has 0 fully saturated rings. The van der Waals surface area contributed by atoms with Gasteiger partial charge in [-0.3, -0.25) is 4.98 Å². The van der Waals surface area contributed by atoms with Crippen molar-refractivity contribution in [2.45, 2.75) is 13.3 Å². The predicted molar refractivity (Wildman–Crippen MR) is 68.2 cm³/mol. The lowest BCUT2D eigenvalue weighted by molar-refractivity contribution is 0.475. The van der Waals surface area contributed by atoms with Crippen molar-refractivity contribution in [2.24, 2.45) is 5.73 Å². The Hall–Kier alpha value is -1.87. The molecule has 3 heteroatoms. The lowest BCUT2D eigenvalue weighted by Gasteiger charge is -2.08. The fourth-order valence-corrected chi connectivity index (χ4v) is 1.64. The maximum absolute atomic E-state index is 5.79. The highest BCUT2D eigenvalue weighted by atomic mass is 16.5. The van der Waals surface area contributed by atoms with Crippen molar-refractivity contribution < 1.29 is 4.74 Å². The molecule has 2 aromatic rings. The number of rotatable bonds is 4. The first kappa shape index (κ1) is 11.6. The second-order valence-corrected chi connectivity index (χ2v) is 3.88. The van der Waals surface area contributed by atoms with E-state index in [4.69, 9.17) is 10.5 Å². The molecule has 0 atom stereocenters. The number of aromatic nitrogens is 1. The molecule has 0 saturated heterocycles. The molecule has 1 aromatic heterocycles. The number of nitrogens with two attached hydrogens (primary N) is 1. The Balaban J connectivity index is 2.18. The van der Waals surface area contributed by atoms with E-state index in [1.807, 2.05) is 37.3 Å². The van der Waals surface area contributed by atoms with Crippen LogP contribution < -0.4 is 10.5 Å². The lowest BCUT2D eigenvalue weighted by Crippen LogP contribution is -2.02. The molecule has 1 aromatic carbocycles. The Kier molecular flexibility index (Phi) is 3.73. The van der Waals surface area contributed by atoms with Crippen molar-refractivity contribution in [2.75, 3.05) is 6.54 Å². The summed E-state index contributed by atoms with van der Waals surface area (Å²) in [4.78, 5) is 4.19. The smallest absolute Gasteiger partial charge is 0.148 e. The summed E-state index contributed by atoms with van der Waals surface area (Å²) in [6, 6.07) is 11.8. The van der Waals surface area contributed by atoms with Gasteiger partial charge in [-0.15, -0.1) is 0 Å². The monoisotopic (exact) mass is 228 g/mol. The Labute approximate surface area is 101 Å². The number of hydrogen-bond acceptors (Lipinski definition) is 3. The van der Waals surface area contributed by atoms with E-state index >= 15 is 0 Å². The first-order valence-electron chi connectivity index (χ1n) is 5.68. The third-order valence-electron chi connectivity index (χ3n) is 2.52.